The highest BCUT2D eigenvalue weighted by Crippen LogP contribution is 2.31. The van der Waals surface area contributed by atoms with E-state index in [1.165, 1.54) is 12.1 Å². The summed E-state index contributed by atoms with van der Waals surface area (Å²) in [6, 6.07) is 15.3. The zero-order valence-electron chi connectivity index (χ0n) is 18.3. The average Bonchev–Trinajstić information content (AvgIpc) is 2.74. The van der Waals surface area contributed by atoms with E-state index in [1.807, 2.05) is 19.9 Å². The molecule has 33 heavy (non-hydrogen) atoms. The van der Waals surface area contributed by atoms with Crippen molar-refractivity contribution >= 4 is 27.3 Å². The fourth-order valence-electron chi connectivity index (χ4n) is 3.22. The van der Waals surface area contributed by atoms with Crippen LogP contribution >= 0.6 is 0 Å². The van der Waals surface area contributed by atoms with E-state index in [1.54, 1.807) is 31.2 Å². The molecule has 5 nitrogen and oxygen atoms in total. The van der Waals surface area contributed by atoms with E-state index in [-0.39, 0.29) is 10.6 Å². The van der Waals surface area contributed by atoms with Gasteiger partial charge in [-0.1, -0.05) is 29.8 Å². The van der Waals surface area contributed by atoms with Gasteiger partial charge in [-0.05, 0) is 74.4 Å². The molecule has 0 aliphatic heterocycles. The number of carbonyl (C=O) groups excluding carboxylic acids is 1. The lowest BCUT2D eigenvalue weighted by atomic mass is 10.1. The third-order valence-electron chi connectivity index (χ3n) is 5.24. The fraction of sp³-hybridized carbons (Fsp3) is 0.208. The summed E-state index contributed by atoms with van der Waals surface area (Å²) in [5.41, 5.74) is 2.04. The Morgan fingerprint density at radius 3 is 2.09 bits per heavy atom. The first-order valence-corrected chi connectivity index (χ1v) is 11.5. The summed E-state index contributed by atoms with van der Waals surface area (Å²) in [5.74, 6) is -0.689. The number of halogens is 3. The van der Waals surface area contributed by atoms with Crippen LogP contribution in [0, 0.1) is 20.8 Å². The van der Waals surface area contributed by atoms with E-state index >= 15 is 0 Å². The van der Waals surface area contributed by atoms with E-state index < -0.39 is 34.2 Å². The molecule has 0 atom stereocenters. The second-order valence-corrected chi connectivity index (χ2v) is 9.53. The number of hydrogen-bond donors (Lipinski definition) is 1. The van der Waals surface area contributed by atoms with Crippen molar-refractivity contribution in [3.63, 3.8) is 0 Å². The van der Waals surface area contributed by atoms with Gasteiger partial charge in [-0.3, -0.25) is 9.10 Å². The predicted octanol–water partition coefficient (Wildman–Crippen LogP) is 5.46. The Bertz CT molecular complexity index is 1250. The highest BCUT2D eigenvalue weighted by atomic mass is 32.2. The van der Waals surface area contributed by atoms with Crippen LogP contribution in [0.4, 0.5) is 24.5 Å². The lowest BCUT2D eigenvalue weighted by Crippen LogP contribution is -2.38. The minimum Gasteiger partial charge on any atom is -0.325 e. The summed E-state index contributed by atoms with van der Waals surface area (Å²) in [5, 5.41) is 2.48. The number of amides is 1. The molecule has 3 aromatic carbocycles. The molecule has 0 fully saturated rings. The normalized spacial score (nSPS) is 11.8. The van der Waals surface area contributed by atoms with E-state index in [4.69, 9.17) is 0 Å². The Morgan fingerprint density at radius 1 is 0.909 bits per heavy atom. The predicted molar refractivity (Wildman–Crippen MR) is 122 cm³/mol. The number of anilines is 2. The molecule has 3 rings (SSSR count). The third kappa shape index (κ3) is 5.54. The van der Waals surface area contributed by atoms with Crippen LogP contribution in [0.5, 0.6) is 0 Å². The van der Waals surface area contributed by atoms with Crippen LogP contribution in [-0.4, -0.2) is 20.9 Å². The lowest BCUT2D eigenvalue weighted by molar-refractivity contribution is -0.137. The van der Waals surface area contributed by atoms with Gasteiger partial charge in [0.1, 0.15) is 6.54 Å². The van der Waals surface area contributed by atoms with Crippen molar-refractivity contribution in [1.82, 2.24) is 0 Å². The molecule has 1 N–H and O–H groups in total. The van der Waals surface area contributed by atoms with Crippen molar-refractivity contribution in [2.75, 3.05) is 16.2 Å². The maximum Gasteiger partial charge on any atom is 0.416 e. The molecule has 174 valence electrons. The Kier molecular flexibility index (Phi) is 6.83. The van der Waals surface area contributed by atoms with Gasteiger partial charge in [0.15, 0.2) is 0 Å². The zero-order chi connectivity index (χ0) is 24.4. The van der Waals surface area contributed by atoms with Gasteiger partial charge in [-0.25, -0.2) is 8.42 Å². The summed E-state index contributed by atoms with van der Waals surface area (Å²) in [4.78, 5) is 12.8. The van der Waals surface area contributed by atoms with Crippen molar-refractivity contribution < 1.29 is 26.4 Å². The Labute approximate surface area is 190 Å². The quantitative estimate of drug-likeness (QED) is 0.514. The number of aryl methyl sites for hydroxylation is 2. The molecule has 0 unspecified atom stereocenters. The van der Waals surface area contributed by atoms with E-state index in [2.05, 4.69) is 5.32 Å². The summed E-state index contributed by atoms with van der Waals surface area (Å²) >= 11 is 0. The minimum absolute atomic E-state index is 0.0244. The molecule has 3 aromatic rings. The molecule has 0 heterocycles. The number of carbonyl (C=O) groups is 1. The number of rotatable bonds is 6. The number of alkyl halides is 3. The van der Waals surface area contributed by atoms with Crippen molar-refractivity contribution in [3.8, 4) is 0 Å². The number of nitrogens with zero attached hydrogens (tertiary/aromatic N) is 1. The van der Waals surface area contributed by atoms with Gasteiger partial charge in [0.2, 0.25) is 5.91 Å². The van der Waals surface area contributed by atoms with Crippen LogP contribution in [0.1, 0.15) is 22.3 Å². The first-order valence-electron chi connectivity index (χ1n) is 10.0. The molecule has 0 aliphatic rings. The molecule has 0 radical (unpaired) electrons. The van der Waals surface area contributed by atoms with Gasteiger partial charge >= 0.3 is 6.18 Å². The van der Waals surface area contributed by atoms with Gasteiger partial charge < -0.3 is 5.32 Å². The largest absolute Gasteiger partial charge is 0.416 e. The maximum atomic E-state index is 13.5. The van der Waals surface area contributed by atoms with E-state index in [9.17, 15) is 26.4 Å². The Morgan fingerprint density at radius 2 is 1.52 bits per heavy atom. The zero-order valence-corrected chi connectivity index (χ0v) is 19.1. The highest BCUT2D eigenvalue weighted by molar-refractivity contribution is 7.92. The van der Waals surface area contributed by atoms with Gasteiger partial charge in [0.05, 0.1) is 16.1 Å². The van der Waals surface area contributed by atoms with Gasteiger partial charge in [0, 0.05) is 5.69 Å². The molecule has 0 spiro atoms. The summed E-state index contributed by atoms with van der Waals surface area (Å²) in [7, 11) is -4.10. The molecule has 0 aromatic heterocycles. The first kappa shape index (κ1) is 24.3. The fourth-order valence-corrected chi connectivity index (χ4v) is 4.69. The van der Waals surface area contributed by atoms with Crippen LogP contribution in [-0.2, 0) is 21.0 Å². The Balaban J connectivity index is 1.94. The van der Waals surface area contributed by atoms with E-state index in [0.29, 0.717) is 11.3 Å². The lowest BCUT2D eigenvalue weighted by Gasteiger charge is -2.26. The Hall–Kier alpha value is -3.33. The van der Waals surface area contributed by atoms with Crippen molar-refractivity contribution in [2.24, 2.45) is 0 Å². The second kappa shape index (κ2) is 9.27. The van der Waals surface area contributed by atoms with Crippen molar-refractivity contribution in [2.45, 2.75) is 31.8 Å². The molecule has 0 saturated carbocycles. The molecule has 0 saturated heterocycles. The van der Waals surface area contributed by atoms with Crippen LogP contribution in [0.2, 0.25) is 0 Å². The SMILES string of the molecule is Cc1ccc(S(=O)(=O)N(CC(=O)Nc2ccc(C(F)(F)F)cc2)c2cccc(C)c2C)cc1. The molecule has 1 amide bonds. The van der Waals surface area contributed by atoms with Crippen LogP contribution < -0.4 is 9.62 Å². The molecule has 0 aliphatic carbocycles. The topological polar surface area (TPSA) is 66.5 Å². The number of nitrogens with one attached hydrogen (secondary N) is 1. The minimum atomic E-state index is -4.50. The third-order valence-corrected chi connectivity index (χ3v) is 7.01. The molecular weight excluding hydrogens is 453 g/mol. The van der Waals surface area contributed by atoms with Gasteiger partial charge in [0.25, 0.3) is 10.0 Å². The first-order chi connectivity index (χ1) is 15.4. The van der Waals surface area contributed by atoms with Crippen molar-refractivity contribution in [1.29, 1.82) is 0 Å². The number of hydrogen-bond acceptors (Lipinski definition) is 3. The average molecular weight is 477 g/mol. The van der Waals surface area contributed by atoms with Gasteiger partial charge in [-0.15, -0.1) is 0 Å². The van der Waals surface area contributed by atoms with Crippen LogP contribution in [0.3, 0.4) is 0 Å². The van der Waals surface area contributed by atoms with Crippen molar-refractivity contribution in [3.05, 3.63) is 89.0 Å². The van der Waals surface area contributed by atoms with Crippen LogP contribution in [0.15, 0.2) is 71.6 Å². The molecule has 9 heteroatoms. The summed E-state index contributed by atoms with van der Waals surface area (Å²) in [6.07, 6.45) is -4.50. The number of sulfonamides is 1. The van der Waals surface area contributed by atoms with E-state index in [0.717, 1.165) is 39.7 Å². The summed E-state index contributed by atoms with van der Waals surface area (Å²) in [6.45, 7) is 4.87. The smallest absolute Gasteiger partial charge is 0.325 e. The number of benzene rings is 3. The highest BCUT2D eigenvalue weighted by Gasteiger charge is 2.31. The summed E-state index contributed by atoms with van der Waals surface area (Å²) < 4.78 is 66.3. The van der Waals surface area contributed by atoms with Gasteiger partial charge in [-0.2, -0.15) is 13.2 Å². The molecular formula is C24H23F3N2O3S. The second-order valence-electron chi connectivity index (χ2n) is 7.67. The standard InChI is InChI=1S/C24H23F3N2O3S/c1-16-7-13-21(14-8-16)33(31,32)29(22-6-4-5-17(2)18(22)3)15-23(30)28-20-11-9-19(10-12-20)24(25,26)27/h4-14H,15H2,1-3H3,(H,28,30). The van der Waals surface area contributed by atoms with Crippen LogP contribution in [0.25, 0.3) is 0 Å². The molecule has 0 bridgehead atoms. The monoisotopic (exact) mass is 476 g/mol. The maximum absolute atomic E-state index is 13.5.